The molecule has 0 saturated carbocycles. The number of phenols is 1. The van der Waals surface area contributed by atoms with Gasteiger partial charge < -0.3 is 25.4 Å². The summed E-state index contributed by atoms with van der Waals surface area (Å²) in [7, 11) is 1.52. The number of aromatic nitrogens is 1. The molecule has 2 aromatic carbocycles. The molecule has 170 valence electrons. The summed E-state index contributed by atoms with van der Waals surface area (Å²) in [4.78, 5) is 29.2. The molecule has 0 radical (unpaired) electrons. The number of hydrogen-bond acceptors (Lipinski definition) is 6. The third-order valence-electron chi connectivity index (χ3n) is 4.86. The number of methoxy groups -OCH3 is 1. The van der Waals surface area contributed by atoms with E-state index >= 15 is 0 Å². The molecule has 0 saturated heterocycles. The Kier molecular flexibility index (Phi) is 7.97. The fraction of sp³-hybridized carbons (Fsp3) is 0.240. The molecule has 3 aromatic rings. The highest BCUT2D eigenvalue weighted by Crippen LogP contribution is 2.21. The lowest BCUT2D eigenvalue weighted by atomic mass is 10.0. The zero-order valence-electron chi connectivity index (χ0n) is 18.0. The molecule has 4 N–H and O–H groups in total. The van der Waals surface area contributed by atoms with Crippen molar-refractivity contribution in [2.45, 2.75) is 18.9 Å². The van der Waals surface area contributed by atoms with Gasteiger partial charge in [0.05, 0.1) is 30.3 Å². The van der Waals surface area contributed by atoms with Crippen LogP contribution in [0.15, 0.2) is 48.5 Å². The predicted octanol–water partition coefficient (Wildman–Crippen LogP) is 2.36. The van der Waals surface area contributed by atoms with Crippen molar-refractivity contribution < 1.29 is 29.6 Å². The van der Waals surface area contributed by atoms with E-state index in [1.807, 2.05) is 0 Å². The number of carbonyl (C=O) groups excluding carboxylic acids is 1. The Balaban J connectivity index is 1.88. The summed E-state index contributed by atoms with van der Waals surface area (Å²) in [6, 6.07) is 12.4. The van der Waals surface area contributed by atoms with Crippen molar-refractivity contribution in [3.63, 3.8) is 0 Å². The van der Waals surface area contributed by atoms with E-state index in [0.29, 0.717) is 29.3 Å². The van der Waals surface area contributed by atoms with Crippen LogP contribution in [0.5, 0.6) is 5.75 Å². The molecule has 8 heteroatoms. The van der Waals surface area contributed by atoms with Crippen molar-refractivity contribution in [2.75, 3.05) is 20.3 Å². The summed E-state index contributed by atoms with van der Waals surface area (Å²) < 4.78 is 5.22. The number of carbonyl (C=O) groups is 2. The Hall–Kier alpha value is -3.93. The van der Waals surface area contributed by atoms with Gasteiger partial charge in [0.1, 0.15) is 11.4 Å². The SMILES string of the molecule is COC[C@H](Cc1ccc(O)cc1)NC(=O)c1cc(C(=O)O)c2cc(C#CCCO)ccc2n1. The minimum absolute atomic E-state index is 0.0224. The van der Waals surface area contributed by atoms with Gasteiger partial charge >= 0.3 is 5.97 Å². The second-order valence-electron chi connectivity index (χ2n) is 7.36. The first-order valence-electron chi connectivity index (χ1n) is 10.3. The number of carboxylic acids is 1. The van der Waals surface area contributed by atoms with Gasteiger partial charge in [-0.25, -0.2) is 9.78 Å². The van der Waals surface area contributed by atoms with Crippen molar-refractivity contribution in [1.82, 2.24) is 10.3 Å². The van der Waals surface area contributed by atoms with Gasteiger partial charge in [0.25, 0.3) is 5.91 Å². The highest BCUT2D eigenvalue weighted by molar-refractivity contribution is 6.06. The Morgan fingerprint density at radius 1 is 1.15 bits per heavy atom. The van der Waals surface area contributed by atoms with E-state index in [2.05, 4.69) is 22.1 Å². The number of rotatable bonds is 8. The summed E-state index contributed by atoms with van der Waals surface area (Å²) >= 11 is 0. The molecule has 1 atom stereocenters. The van der Waals surface area contributed by atoms with Crippen LogP contribution >= 0.6 is 0 Å². The van der Waals surface area contributed by atoms with E-state index in [9.17, 15) is 19.8 Å². The summed E-state index contributed by atoms with van der Waals surface area (Å²) in [6.45, 7) is 0.180. The van der Waals surface area contributed by atoms with E-state index in [-0.39, 0.29) is 36.3 Å². The van der Waals surface area contributed by atoms with Gasteiger partial charge in [-0.15, -0.1) is 0 Å². The average molecular weight is 448 g/mol. The minimum Gasteiger partial charge on any atom is -0.508 e. The van der Waals surface area contributed by atoms with E-state index in [4.69, 9.17) is 9.84 Å². The number of ether oxygens (including phenoxy) is 1. The number of fused-ring (bicyclic) bond motifs is 1. The highest BCUT2D eigenvalue weighted by Gasteiger charge is 2.19. The second kappa shape index (κ2) is 11.1. The fourth-order valence-corrected chi connectivity index (χ4v) is 3.35. The van der Waals surface area contributed by atoms with Crippen LogP contribution in [0.25, 0.3) is 10.9 Å². The van der Waals surface area contributed by atoms with Crippen LogP contribution in [0.2, 0.25) is 0 Å². The third-order valence-corrected chi connectivity index (χ3v) is 4.86. The maximum atomic E-state index is 12.9. The van der Waals surface area contributed by atoms with E-state index in [1.54, 1.807) is 42.5 Å². The molecular formula is C25H24N2O6. The normalized spacial score (nSPS) is 11.5. The van der Waals surface area contributed by atoms with Gasteiger partial charge in [-0.05, 0) is 48.4 Å². The monoisotopic (exact) mass is 448 g/mol. The minimum atomic E-state index is -1.19. The molecule has 33 heavy (non-hydrogen) atoms. The highest BCUT2D eigenvalue weighted by atomic mass is 16.5. The van der Waals surface area contributed by atoms with Crippen LogP contribution in [0.1, 0.15) is 38.4 Å². The number of aromatic carboxylic acids is 1. The second-order valence-corrected chi connectivity index (χ2v) is 7.36. The van der Waals surface area contributed by atoms with Gasteiger partial charge in [-0.2, -0.15) is 0 Å². The predicted molar refractivity (Wildman–Crippen MR) is 122 cm³/mol. The Labute approximate surface area is 190 Å². The van der Waals surface area contributed by atoms with Crippen LogP contribution in [0.3, 0.4) is 0 Å². The number of nitrogens with one attached hydrogen (secondary N) is 1. The molecule has 1 amide bonds. The number of hydrogen-bond donors (Lipinski definition) is 4. The summed E-state index contributed by atoms with van der Waals surface area (Å²) in [5.74, 6) is 4.10. The summed E-state index contributed by atoms with van der Waals surface area (Å²) in [6.07, 6.45) is 0.767. The molecule has 0 aliphatic carbocycles. The number of carboxylic acid groups (broad SMARTS) is 1. The molecule has 3 rings (SSSR count). The van der Waals surface area contributed by atoms with Gasteiger partial charge in [-0.3, -0.25) is 4.79 Å². The zero-order valence-corrected chi connectivity index (χ0v) is 18.0. The van der Waals surface area contributed by atoms with Gasteiger partial charge in [-0.1, -0.05) is 24.0 Å². The van der Waals surface area contributed by atoms with Crippen LogP contribution in [-0.4, -0.2) is 58.5 Å². The summed E-state index contributed by atoms with van der Waals surface area (Å²) in [5.41, 5.74) is 1.76. The molecule has 1 aromatic heterocycles. The van der Waals surface area contributed by atoms with Gasteiger partial charge in [0.15, 0.2) is 0 Å². The van der Waals surface area contributed by atoms with Crippen molar-refractivity contribution in [2.24, 2.45) is 0 Å². The number of aliphatic hydroxyl groups is 1. The van der Waals surface area contributed by atoms with Gasteiger partial charge in [0.2, 0.25) is 0 Å². The first kappa shape index (κ1) is 23.7. The van der Waals surface area contributed by atoms with Crippen molar-refractivity contribution >= 4 is 22.8 Å². The molecule has 8 nitrogen and oxygen atoms in total. The lowest BCUT2D eigenvalue weighted by Gasteiger charge is -2.18. The first-order valence-corrected chi connectivity index (χ1v) is 10.3. The first-order chi connectivity index (χ1) is 15.9. The maximum absolute atomic E-state index is 12.9. The van der Waals surface area contributed by atoms with Crippen molar-refractivity contribution in [3.05, 3.63) is 70.9 Å². The molecule has 0 spiro atoms. The Morgan fingerprint density at radius 3 is 2.58 bits per heavy atom. The Morgan fingerprint density at radius 2 is 1.91 bits per heavy atom. The number of benzene rings is 2. The number of amides is 1. The van der Waals surface area contributed by atoms with Crippen LogP contribution in [0, 0.1) is 11.8 Å². The van der Waals surface area contributed by atoms with Crippen LogP contribution in [-0.2, 0) is 11.2 Å². The quantitative estimate of drug-likeness (QED) is 0.389. The summed E-state index contributed by atoms with van der Waals surface area (Å²) in [5, 5.41) is 31.2. The molecular weight excluding hydrogens is 424 g/mol. The maximum Gasteiger partial charge on any atom is 0.336 e. The number of phenolic OH excluding ortho intramolecular Hbond substituents is 1. The largest absolute Gasteiger partial charge is 0.508 e. The van der Waals surface area contributed by atoms with Gasteiger partial charge in [0, 0.05) is 24.5 Å². The lowest BCUT2D eigenvalue weighted by Crippen LogP contribution is -2.40. The van der Waals surface area contributed by atoms with E-state index < -0.39 is 11.9 Å². The third kappa shape index (κ3) is 6.29. The zero-order chi connectivity index (χ0) is 23.8. The number of aromatic hydroxyl groups is 1. The van der Waals surface area contributed by atoms with Crippen molar-refractivity contribution in [1.29, 1.82) is 0 Å². The number of nitrogens with zero attached hydrogens (tertiary/aromatic N) is 1. The molecule has 0 bridgehead atoms. The molecule has 0 unspecified atom stereocenters. The van der Waals surface area contributed by atoms with E-state index in [0.717, 1.165) is 5.56 Å². The van der Waals surface area contributed by atoms with E-state index in [1.165, 1.54) is 13.2 Å². The average Bonchev–Trinajstić information content (AvgIpc) is 2.80. The lowest BCUT2D eigenvalue weighted by molar-refractivity contribution is 0.0699. The van der Waals surface area contributed by atoms with Crippen molar-refractivity contribution in [3.8, 4) is 17.6 Å². The smallest absolute Gasteiger partial charge is 0.336 e. The number of pyridine rings is 1. The topological polar surface area (TPSA) is 129 Å². The molecule has 0 fully saturated rings. The Bertz CT molecular complexity index is 1210. The standard InChI is InChI=1S/C25H24N2O6/c1-33-15-18(12-17-5-8-19(29)9-6-17)26-24(30)23-14-21(25(31)32)20-13-16(4-2-3-11-28)7-10-22(20)27-23/h5-10,13-14,18,28-29H,3,11-12,15H2,1H3,(H,26,30)(H,31,32)/t18-/m0/s1. The number of aliphatic hydroxyl groups excluding tert-OH is 1. The molecule has 1 heterocycles. The molecule has 0 aliphatic heterocycles. The fourth-order valence-electron chi connectivity index (χ4n) is 3.35. The van der Waals surface area contributed by atoms with Crippen LogP contribution < -0.4 is 5.32 Å². The molecule has 0 aliphatic rings. The van der Waals surface area contributed by atoms with Crippen LogP contribution in [0.4, 0.5) is 0 Å².